The number of nitrogens with zero attached hydrogens (tertiary/aromatic N) is 2. The van der Waals surface area contributed by atoms with E-state index in [-0.39, 0.29) is 11.9 Å². The van der Waals surface area contributed by atoms with Gasteiger partial charge in [-0.1, -0.05) is 18.2 Å². The predicted octanol–water partition coefficient (Wildman–Crippen LogP) is 0.858. The molecule has 6 heteroatoms. The largest absolute Gasteiger partial charge is 0.378 e. The van der Waals surface area contributed by atoms with E-state index in [1.807, 2.05) is 41.2 Å². The van der Waals surface area contributed by atoms with E-state index in [2.05, 4.69) is 15.7 Å². The van der Waals surface area contributed by atoms with Gasteiger partial charge in [-0.15, -0.1) is 0 Å². The lowest BCUT2D eigenvalue weighted by Gasteiger charge is -2.23. The van der Waals surface area contributed by atoms with Crippen LogP contribution in [0.4, 0.5) is 5.69 Å². The van der Waals surface area contributed by atoms with E-state index in [0.29, 0.717) is 26.3 Å². The molecule has 1 aromatic heterocycles. The summed E-state index contributed by atoms with van der Waals surface area (Å²) in [7, 11) is 0. The summed E-state index contributed by atoms with van der Waals surface area (Å²) < 4.78 is 7.15. The number of rotatable bonds is 4. The molecule has 0 radical (unpaired) electrons. The molecule has 21 heavy (non-hydrogen) atoms. The van der Waals surface area contributed by atoms with Crippen LogP contribution in [-0.2, 0) is 16.1 Å². The van der Waals surface area contributed by atoms with Crippen molar-refractivity contribution in [1.29, 1.82) is 0 Å². The highest BCUT2D eigenvalue weighted by Crippen LogP contribution is 2.16. The summed E-state index contributed by atoms with van der Waals surface area (Å²) in [6, 6.07) is 9.34. The molecule has 2 aromatic rings. The average Bonchev–Trinajstić information content (AvgIpc) is 3.03. The standard InChI is InChI=1S/C15H18N4O2/c20-15(14-11-21-9-7-16-14)18-13-5-2-1-4-12(13)10-19-8-3-6-17-19/h1-6,8,14,16H,7,9-11H2,(H,18,20). The lowest BCUT2D eigenvalue weighted by Crippen LogP contribution is -2.48. The quantitative estimate of drug-likeness (QED) is 0.874. The molecule has 2 N–H and O–H groups in total. The Morgan fingerprint density at radius 3 is 3.10 bits per heavy atom. The van der Waals surface area contributed by atoms with Crippen molar-refractivity contribution >= 4 is 11.6 Å². The zero-order valence-corrected chi connectivity index (χ0v) is 11.7. The number of ether oxygens (including phenoxy) is 1. The van der Waals surface area contributed by atoms with Crippen LogP contribution >= 0.6 is 0 Å². The molecule has 1 aliphatic rings. The predicted molar refractivity (Wildman–Crippen MR) is 79.0 cm³/mol. The number of carbonyl (C=O) groups excluding carboxylic acids is 1. The summed E-state index contributed by atoms with van der Waals surface area (Å²) in [5.74, 6) is -0.0670. The fourth-order valence-electron chi connectivity index (χ4n) is 2.30. The Bertz CT molecular complexity index is 591. The molecule has 0 spiro atoms. The summed E-state index contributed by atoms with van der Waals surface area (Å²) in [5, 5.41) is 10.3. The molecule has 110 valence electrons. The van der Waals surface area contributed by atoms with E-state index in [0.717, 1.165) is 11.3 Å². The third-order valence-corrected chi connectivity index (χ3v) is 3.40. The second-order valence-corrected chi connectivity index (χ2v) is 4.93. The first-order valence-electron chi connectivity index (χ1n) is 7.00. The van der Waals surface area contributed by atoms with Gasteiger partial charge in [0.05, 0.1) is 19.8 Å². The van der Waals surface area contributed by atoms with Crippen molar-refractivity contribution in [3.05, 3.63) is 48.3 Å². The summed E-state index contributed by atoms with van der Waals surface area (Å²) in [4.78, 5) is 12.2. The number of morpholine rings is 1. The number of hydrogen-bond donors (Lipinski definition) is 2. The molecule has 0 aliphatic carbocycles. The fraction of sp³-hybridized carbons (Fsp3) is 0.333. The molecule has 1 amide bonds. The minimum atomic E-state index is -0.295. The lowest BCUT2D eigenvalue weighted by atomic mass is 10.1. The maximum absolute atomic E-state index is 12.2. The van der Waals surface area contributed by atoms with Gasteiger partial charge in [0, 0.05) is 24.6 Å². The van der Waals surface area contributed by atoms with Crippen LogP contribution in [0.25, 0.3) is 0 Å². The monoisotopic (exact) mass is 286 g/mol. The molecule has 1 aromatic carbocycles. The minimum Gasteiger partial charge on any atom is -0.378 e. The van der Waals surface area contributed by atoms with Crippen molar-refractivity contribution in [1.82, 2.24) is 15.1 Å². The van der Waals surface area contributed by atoms with Gasteiger partial charge in [-0.3, -0.25) is 9.48 Å². The molecule has 0 saturated carbocycles. The van der Waals surface area contributed by atoms with Crippen molar-refractivity contribution in [2.75, 3.05) is 25.1 Å². The first-order chi connectivity index (χ1) is 10.3. The van der Waals surface area contributed by atoms with Crippen molar-refractivity contribution in [2.45, 2.75) is 12.6 Å². The Labute approximate surface area is 123 Å². The maximum Gasteiger partial charge on any atom is 0.243 e. The number of amides is 1. The molecule has 0 bridgehead atoms. The molecule has 3 rings (SSSR count). The molecule has 1 unspecified atom stereocenters. The maximum atomic E-state index is 12.2. The van der Waals surface area contributed by atoms with E-state index in [4.69, 9.17) is 4.74 Å². The second kappa shape index (κ2) is 6.51. The van der Waals surface area contributed by atoms with E-state index in [1.165, 1.54) is 0 Å². The van der Waals surface area contributed by atoms with Crippen LogP contribution in [0.1, 0.15) is 5.56 Å². The zero-order chi connectivity index (χ0) is 14.5. The Balaban J connectivity index is 1.71. The molecule has 1 atom stereocenters. The smallest absolute Gasteiger partial charge is 0.243 e. The molecule has 2 heterocycles. The fourth-order valence-corrected chi connectivity index (χ4v) is 2.30. The Morgan fingerprint density at radius 1 is 1.43 bits per heavy atom. The number of carbonyl (C=O) groups is 1. The molecule has 1 aliphatic heterocycles. The van der Waals surface area contributed by atoms with Crippen LogP contribution < -0.4 is 10.6 Å². The topological polar surface area (TPSA) is 68.2 Å². The summed E-state index contributed by atoms with van der Waals surface area (Å²) in [5.41, 5.74) is 1.83. The number of benzene rings is 1. The van der Waals surface area contributed by atoms with Crippen LogP contribution in [0.3, 0.4) is 0 Å². The van der Waals surface area contributed by atoms with Gasteiger partial charge in [0.2, 0.25) is 5.91 Å². The van der Waals surface area contributed by atoms with Gasteiger partial charge in [0.15, 0.2) is 0 Å². The van der Waals surface area contributed by atoms with Gasteiger partial charge in [-0.05, 0) is 17.7 Å². The second-order valence-electron chi connectivity index (χ2n) is 4.93. The van der Waals surface area contributed by atoms with Gasteiger partial charge >= 0.3 is 0 Å². The SMILES string of the molecule is O=C(Nc1ccccc1Cn1cccn1)C1COCCN1. The van der Waals surface area contributed by atoms with Crippen LogP contribution in [0.15, 0.2) is 42.7 Å². The van der Waals surface area contributed by atoms with Gasteiger partial charge in [0.25, 0.3) is 0 Å². The number of nitrogens with one attached hydrogen (secondary N) is 2. The van der Waals surface area contributed by atoms with Gasteiger partial charge < -0.3 is 15.4 Å². The highest BCUT2D eigenvalue weighted by molar-refractivity contribution is 5.95. The van der Waals surface area contributed by atoms with Crippen LogP contribution in [0.5, 0.6) is 0 Å². The first kappa shape index (κ1) is 13.8. The van der Waals surface area contributed by atoms with Crippen LogP contribution in [0, 0.1) is 0 Å². The Kier molecular flexibility index (Phi) is 4.28. The number of para-hydroxylation sites is 1. The average molecular weight is 286 g/mol. The van der Waals surface area contributed by atoms with E-state index in [9.17, 15) is 4.79 Å². The van der Waals surface area contributed by atoms with Crippen LogP contribution in [0.2, 0.25) is 0 Å². The van der Waals surface area contributed by atoms with E-state index >= 15 is 0 Å². The van der Waals surface area contributed by atoms with Gasteiger partial charge in [-0.25, -0.2) is 0 Å². The summed E-state index contributed by atoms with van der Waals surface area (Å²) in [6.07, 6.45) is 3.64. The zero-order valence-electron chi connectivity index (χ0n) is 11.7. The van der Waals surface area contributed by atoms with Gasteiger partial charge in [-0.2, -0.15) is 5.10 Å². The normalized spacial score (nSPS) is 18.4. The van der Waals surface area contributed by atoms with Crippen molar-refractivity contribution in [3.8, 4) is 0 Å². The summed E-state index contributed by atoms with van der Waals surface area (Å²) >= 11 is 0. The van der Waals surface area contributed by atoms with E-state index < -0.39 is 0 Å². The highest BCUT2D eigenvalue weighted by Gasteiger charge is 2.21. The first-order valence-corrected chi connectivity index (χ1v) is 7.00. The number of hydrogen-bond acceptors (Lipinski definition) is 4. The summed E-state index contributed by atoms with van der Waals surface area (Å²) in [6.45, 7) is 2.39. The molecule has 1 saturated heterocycles. The Morgan fingerprint density at radius 2 is 2.33 bits per heavy atom. The van der Waals surface area contributed by atoms with Crippen molar-refractivity contribution in [3.63, 3.8) is 0 Å². The molecular formula is C15H18N4O2. The molecule has 6 nitrogen and oxygen atoms in total. The van der Waals surface area contributed by atoms with Crippen LogP contribution in [-0.4, -0.2) is 41.5 Å². The lowest BCUT2D eigenvalue weighted by molar-refractivity contribution is -0.120. The molecular weight excluding hydrogens is 268 g/mol. The van der Waals surface area contributed by atoms with Crippen molar-refractivity contribution in [2.24, 2.45) is 0 Å². The number of aromatic nitrogens is 2. The minimum absolute atomic E-state index is 0.0670. The third kappa shape index (κ3) is 3.48. The highest BCUT2D eigenvalue weighted by atomic mass is 16.5. The van der Waals surface area contributed by atoms with E-state index in [1.54, 1.807) is 6.20 Å². The van der Waals surface area contributed by atoms with Gasteiger partial charge in [0.1, 0.15) is 6.04 Å². The van der Waals surface area contributed by atoms with Crippen molar-refractivity contribution < 1.29 is 9.53 Å². The Hall–Kier alpha value is -2.18. The molecule has 1 fully saturated rings. The third-order valence-electron chi connectivity index (χ3n) is 3.40. The number of anilines is 1.